The Morgan fingerprint density at radius 3 is 2.88 bits per heavy atom. The molecule has 0 aliphatic rings. The summed E-state index contributed by atoms with van der Waals surface area (Å²) < 4.78 is 0. The van der Waals surface area contributed by atoms with Gasteiger partial charge in [0.05, 0.1) is 22.6 Å². The fourth-order valence-corrected chi connectivity index (χ4v) is 1.62. The van der Waals surface area contributed by atoms with Gasteiger partial charge < -0.3 is 10.0 Å². The maximum absolute atomic E-state index is 12.0. The Labute approximate surface area is 105 Å². The zero-order valence-electron chi connectivity index (χ0n) is 9.64. The highest BCUT2D eigenvalue weighted by Gasteiger charge is 2.17. The molecule has 17 heavy (non-hydrogen) atoms. The van der Waals surface area contributed by atoms with Crippen LogP contribution in [0.1, 0.15) is 17.3 Å². The summed E-state index contributed by atoms with van der Waals surface area (Å²) in [5.41, 5.74) is 0.235. The molecule has 0 aromatic heterocycles. The number of nitrogens with zero attached hydrogens (tertiary/aromatic N) is 2. The summed E-state index contributed by atoms with van der Waals surface area (Å²) >= 11 is 5.88. The first-order valence-corrected chi connectivity index (χ1v) is 5.47. The van der Waals surface area contributed by atoms with Crippen molar-refractivity contribution >= 4 is 17.5 Å². The number of halogens is 1. The number of carbonyl (C=O) groups excluding carboxylic acids is 1. The second kappa shape index (κ2) is 5.55. The van der Waals surface area contributed by atoms with E-state index in [2.05, 4.69) is 6.07 Å². The first-order valence-electron chi connectivity index (χ1n) is 5.09. The number of amides is 1. The molecule has 90 valence electrons. The lowest BCUT2D eigenvalue weighted by molar-refractivity contribution is 0.0785. The summed E-state index contributed by atoms with van der Waals surface area (Å²) in [5, 5.41) is 18.3. The van der Waals surface area contributed by atoms with Gasteiger partial charge in [-0.25, -0.2) is 0 Å². The van der Waals surface area contributed by atoms with Crippen LogP contribution in [0, 0.1) is 17.2 Å². The molecule has 1 amide bonds. The van der Waals surface area contributed by atoms with Gasteiger partial charge in [0.2, 0.25) is 0 Å². The van der Waals surface area contributed by atoms with Crippen molar-refractivity contribution in [3.63, 3.8) is 0 Å². The molecule has 0 fully saturated rings. The van der Waals surface area contributed by atoms with Crippen molar-refractivity contribution in [1.29, 1.82) is 5.26 Å². The van der Waals surface area contributed by atoms with Crippen LogP contribution in [0.15, 0.2) is 18.2 Å². The molecule has 1 unspecified atom stereocenters. The second-order valence-corrected chi connectivity index (χ2v) is 4.29. The van der Waals surface area contributed by atoms with Gasteiger partial charge in [-0.05, 0) is 25.1 Å². The number of phenols is 1. The van der Waals surface area contributed by atoms with E-state index < -0.39 is 0 Å². The minimum atomic E-state index is -0.312. The van der Waals surface area contributed by atoms with E-state index in [1.54, 1.807) is 14.0 Å². The van der Waals surface area contributed by atoms with Crippen LogP contribution in [0.5, 0.6) is 5.75 Å². The van der Waals surface area contributed by atoms with Gasteiger partial charge in [-0.3, -0.25) is 4.79 Å². The minimum absolute atomic E-state index is 0.0144. The summed E-state index contributed by atoms with van der Waals surface area (Å²) in [6, 6.07) is 6.25. The fourth-order valence-electron chi connectivity index (χ4n) is 1.42. The van der Waals surface area contributed by atoms with Crippen molar-refractivity contribution in [3.8, 4) is 11.8 Å². The number of carbonyl (C=O) groups is 1. The number of benzene rings is 1. The van der Waals surface area contributed by atoms with Crippen molar-refractivity contribution in [2.45, 2.75) is 6.92 Å². The van der Waals surface area contributed by atoms with Crippen molar-refractivity contribution in [3.05, 3.63) is 28.8 Å². The topological polar surface area (TPSA) is 64.3 Å². The summed E-state index contributed by atoms with van der Waals surface area (Å²) in [6.07, 6.45) is 0. The number of nitriles is 1. The summed E-state index contributed by atoms with van der Waals surface area (Å²) in [6.45, 7) is 2.05. The first-order chi connectivity index (χ1) is 7.95. The van der Waals surface area contributed by atoms with E-state index in [9.17, 15) is 9.90 Å². The van der Waals surface area contributed by atoms with Crippen molar-refractivity contribution < 1.29 is 9.90 Å². The van der Waals surface area contributed by atoms with E-state index in [-0.39, 0.29) is 28.2 Å². The third-order valence-corrected chi connectivity index (χ3v) is 2.62. The van der Waals surface area contributed by atoms with E-state index in [4.69, 9.17) is 16.9 Å². The normalized spacial score (nSPS) is 11.6. The van der Waals surface area contributed by atoms with E-state index in [1.807, 2.05) is 0 Å². The van der Waals surface area contributed by atoms with Crippen LogP contribution in [-0.2, 0) is 0 Å². The van der Waals surface area contributed by atoms with Gasteiger partial charge in [-0.1, -0.05) is 11.6 Å². The Kier molecular flexibility index (Phi) is 4.36. The van der Waals surface area contributed by atoms with Gasteiger partial charge >= 0.3 is 0 Å². The van der Waals surface area contributed by atoms with Gasteiger partial charge in [-0.2, -0.15) is 5.26 Å². The highest BCUT2D eigenvalue weighted by Crippen LogP contribution is 2.22. The lowest BCUT2D eigenvalue weighted by atomic mass is 10.1. The van der Waals surface area contributed by atoms with Gasteiger partial charge in [0.1, 0.15) is 5.75 Å². The molecule has 1 rings (SSSR count). The smallest absolute Gasteiger partial charge is 0.255 e. The Hall–Kier alpha value is -1.73. The Morgan fingerprint density at radius 1 is 1.65 bits per heavy atom. The van der Waals surface area contributed by atoms with Crippen LogP contribution >= 0.6 is 11.6 Å². The van der Waals surface area contributed by atoms with E-state index in [0.717, 1.165) is 0 Å². The quantitative estimate of drug-likeness (QED) is 0.898. The average Bonchev–Trinajstić information content (AvgIpc) is 2.31. The van der Waals surface area contributed by atoms with Crippen LogP contribution in [0.2, 0.25) is 5.02 Å². The molecule has 1 N–H and O–H groups in total. The van der Waals surface area contributed by atoms with Crippen LogP contribution in [-0.4, -0.2) is 29.5 Å². The standard InChI is InChI=1S/C12H13ClN2O2/c1-8(6-14)7-15(2)12(17)10-5-9(16)3-4-11(10)13/h3-5,8,16H,7H2,1-2H3. The molecule has 1 aromatic rings. The lowest BCUT2D eigenvalue weighted by Crippen LogP contribution is -2.30. The van der Waals surface area contributed by atoms with E-state index in [0.29, 0.717) is 6.54 Å². The molecule has 0 aliphatic carbocycles. The van der Waals surface area contributed by atoms with Crippen LogP contribution < -0.4 is 0 Å². The Balaban J connectivity index is 2.89. The first kappa shape index (κ1) is 13.3. The molecular formula is C12H13ClN2O2. The van der Waals surface area contributed by atoms with E-state index >= 15 is 0 Å². The molecule has 0 radical (unpaired) electrons. The van der Waals surface area contributed by atoms with Crippen molar-refractivity contribution in [2.75, 3.05) is 13.6 Å². The monoisotopic (exact) mass is 252 g/mol. The molecule has 0 saturated carbocycles. The van der Waals surface area contributed by atoms with E-state index in [1.165, 1.54) is 23.1 Å². The molecule has 1 aromatic carbocycles. The minimum Gasteiger partial charge on any atom is -0.508 e. The Bertz CT molecular complexity index is 468. The maximum atomic E-state index is 12.0. The summed E-state index contributed by atoms with van der Waals surface area (Å²) in [7, 11) is 1.59. The molecule has 4 nitrogen and oxygen atoms in total. The average molecular weight is 253 g/mol. The number of phenolic OH excluding ortho intramolecular Hbond substituents is 1. The van der Waals surface area contributed by atoms with Gasteiger partial charge in [-0.15, -0.1) is 0 Å². The zero-order chi connectivity index (χ0) is 13.0. The van der Waals surface area contributed by atoms with Gasteiger partial charge in [0.25, 0.3) is 5.91 Å². The molecular weight excluding hydrogens is 240 g/mol. The van der Waals surface area contributed by atoms with Gasteiger partial charge in [0, 0.05) is 13.6 Å². The SMILES string of the molecule is CC(C#N)CN(C)C(=O)c1cc(O)ccc1Cl. The molecule has 0 bridgehead atoms. The zero-order valence-corrected chi connectivity index (χ0v) is 10.4. The molecule has 0 aliphatic heterocycles. The number of rotatable bonds is 3. The molecule has 0 saturated heterocycles. The Morgan fingerprint density at radius 2 is 2.29 bits per heavy atom. The largest absolute Gasteiger partial charge is 0.508 e. The lowest BCUT2D eigenvalue weighted by Gasteiger charge is -2.18. The highest BCUT2D eigenvalue weighted by molar-refractivity contribution is 6.33. The number of aromatic hydroxyl groups is 1. The van der Waals surface area contributed by atoms with Crippen molar-refractivity contribution in [2.24, 2.45) is 5.92 Å². The number of hydrogen-bond donors (Lipinski definition) is 1. The summed E-state index contributed by atoms with van der Waals surface area (Å²) in [4.78, 5) is 13.4. The summed E-state index contributed by atoms with van der Waals surface area (Å²) in [5.74, 6) is -0.576. The molecule has 0 heterocycles. The van der Waals surface area contributed by atoms with Gasteiger partial charge in [0.15, 0.2) is 0 Å². The van der Waals surface area contributed by atoms with Crippen LogP contribution in [0.4, 0.5) is 0 Å². The van der Waals surface area contributed by atoms with Crippen LogP contribution in [0.3, 0.4) is 0 Å². The third-order valence-electron chi connectivity index (χ3n) is 2.30. The molecule has 0 spiro atoms. The third kappa shape index (κ3) is 3.36. The van der Waals surface area contributed by atoms with Crippen molar-refractivity contribution in [1.82, 2.24) is 4.90 Å². The predicted molar refractivity (Wildman–Crippen MR) is 64.9 cm³/mol. The maximum Gasteiger partial charge on any atom is 0.255 e. The number of hydrogen-bond acceptors (Lipinski definition) is 3. The molecule has 5 heteroatoms. The fraction of sp³-hybridized carbons (Fsp3) is 0.333. The second-order valence-electron chi connectivity index (χ2n) is 3.88. The molecule has 1 atom stereocenters. The highest BCUT2D eigenvalue weighted by atomic mass is 35.5. The predicted octanol–water partition coefficient (Wildman–Crippen LogP) is 2.28. The van der Waals surface area contributed by atoms with Crippen LogP contribution in [0.25, 0.3) is 0 Å².